The van der Waals surface area contributed by atoms with Crippen molar-refractivity contribution in [1.29, 1.82) is 0 Å². The standard InChI is InChI=1S/C14H14N2O6/c1-20-11-6-8(5-9-13(18)16-14(19)15-9)3-4-10(11)22-7-12(17)21-2/h3-6H,7H2,1-2H3,(H2,15,16,18,19)/b9-5+. The Morgan fingerprint density at radius 1 is 1.18 bits per heavy atom. The summed E-state index contributed by atoms with van der Waals surface area (Å²) in [6.45, 7) is -0.244. The summed E-state index contributed by atoms with van der Waals surface area (Å²) < 4.78 is 14.9. The van der Waals surface area contributed by atoms with E-state index >= 15 is 0 Å². The number of benzene rings is 1. The predicted octanol–water partition coefficient (Wildman–Crippen LogP) is 0.427. The summed E-state index contributed by atoms with van der Waals surface area (Å²) in [5.41, 5.74) is 0.755. The average molecular weight is 306 g/mol. The van der Waals surface area contributed by atoms with Crippen molar-refractivity contribution in [3.63, 3.8) is 0 Å². The van der Waals surface area contributed by atoms with Crippen molar-refractivity contribution < 1.29 is 28.6 Å². The zero-order valence-electron chi connectivity index (χ0n) is 12.0. The van der Waals surface area contributed by atoms with E-state index in [0.717, 1.165) is 0 Å². The van der Waals surface area contributed by atoms with Crippen LogP contribution in [0.5, 0.6) is 11.5 Å². The Morgan fingerprint density at radius 2 is 1.95 bits per heavy atom. The van der Waals surface area contributed by atoms with Crippen molar-refractivity contribution in [1.82, 2.24) is 10.6 Å². The van der Waals surface area contributed by atoms with E-state index < -0.39 is 17.9 Å². The van der Waals surface area contributed by atoms with E-state index in [-0.39, 0.29) is 12.3 Å². The molecule has 2 N–H and O–H groups in total. The molecule has 8 nitrogen and oxygen atoms in total. The van der Waals surface area contributed by atoms with Gasteiger partial charge in [-0.1, -0.05) is 6.07 Å². The topological polar surface area (TPSA) is 103 Å². The maximum Gasteiger partial charge on any atom is 0.343 e. The molecule has 2 rings (SSSR count). The average Bonchev–Trinajstić information content (AvgIpc) is 2.83. The van der Waals surface area contributed by atoms with Crippen LogP contribution in [0.1, 0.15) is 5.56 Å². The Labute approximate surface area is 126 Å². The van der Waals surface area contributed by atoms with Gasteiger partial charge in [0.2, 0.25) is 0 Å². The molecule has 1 aliphatic rings. The number of carbonyl (C=O) groups excluding carboxylic acids is 3. The van der Waals surface area contributed by atoms with Crippen LogP contribution in [0.2, 0.25) is 0 Å². The van der Waals surface area contributed by atoms with Crippen molar-refractivity contribution in [3.8, 4) is 11.5 Å². The molecule has 8 heteroatoms. The maximum atomic E-state index is 11.5. The van der Waals surface area contributed by atoms with Crippen molar-refractivity contribution in [3.05, 3.63) is 29.5 Å². The first-order valence-corrected chi connectivity index (χ1v) is 6.25. The van der Waals surface area contributed by atoms with Gasteiger partial charge in [-0.05, 0) is 23.8 Å². The third-order valence-electron chi connectivity index (χ3n) is 2.79. The summed E-state index contributed by atoms with van der Waals surface area (Å²) in [6, 6.07) is 4.28. The van der Waals surface area contributed by atoms with Crippen LogP contribution in [-0.4, -0.2) is 38.7 Å². The number of hydrogen-bond donors (Lipinski definition) is 2. The molecule has 0 aromatic heterocycles. The number of nitrogens with one attached hydrogen (secondary N) is 2. The summed E-state index contributed by atoms with van der Waals surface area (Å²) in [5, 5.41) is 4.48. The van der Waals surface area contributed by atoms with E-state index in [2.05, 4.69) is 15.4 Å². The second kappa shape index (κ2) is 6.61. The van der Waals surface area contributed by atoms with Crippen LogP contribution in [0.3, 0.4) is 0 Å². The fraction of sp³-hybridized carbons (Fsp3) is 0.214. The van der Waals surface area contributed by atoms with Gasteiger partial charge in [0, 0.05) is 0 Å². The number of carbonyl (C=O) groups is 3. The number of methoxy groups -OCH3 is 2. The van der Waals surface area contributed by atoms with Gasteiger partial charge in [-0.15, -0.1) is 0 Å². The van der Waals surface area contributed by atoms with Gasteiger partial charge in [0.25, 0.3) is 5.91 Å². The van der Waals surface area contributed by atoms with Crippen LogP contribution in [0, 0.1) is 0 Å². The molecule has 1 aliphatic heterocycles. The van der Waals surface area contributed by atoms with Crippen molar-refractivity contribution in [2.24, 2.45) is 0 Å². The minimum atomic E-state index is -0.568. The molecule has 1 aromatic carbocycles. The van der Waals surface area contributed by atoms with Crippen LogP contribution >= 0.6 is 0 Å². The van der Waals surface area contributed by atoms with Gasteiger partial charge >= 0.3 is 12.0 Å². The molecular formula is C14H14N2O6. The summed E-state index contributed by atoms with van der Waals surface area (Å²) in [6.07, 6.45) is 1.49. The van der Waals surface area contributed by atoms with Gasteiger partial charge in [0.1, 0.15) is 5.70 Å². The molecule has 1 aromatic rings. The zero-order chi connectivity index (χ0) is 16.1. The number of esters is 1. The van der Waals surface area contributed by atoms with Gasteiger partial charge in [0.15, 0.2) is 18.1 Å². The molecule has 1 fully saturated rings. The van der Waals surface area contributed by atoms with E-state index in [1.54, 1.807) is 18.2 Å². The second-order valence-corrected chi connectivity index (χ2v) is 4.24. The summed E-state index contributed by atoms with van der Waals surface area (Å²) >= 11 is 0. The molecule has 0 aliphatic carbocycles. The molecule has 0 unspecified atom stereocenters. The summed E-state index contributed by atoms with van der Waals surface area (Å²) in [5.74, 6) is -0.286. The Balaban J connectivity index is 2.18. The van der Waals surface area contributed by atoms with E-state index in [0.29, 0.717) is 17.1 Å². The van der Waals surface area contributed by atoms with Crippen LogP contribution < -0.4 is 20.1 Å². The molecule has 0 bridgehead atoms. The van der Waals surface area contributed by atoms with Gasteiger partial charge in [0.05, 0.1) is 14.2 Å². The molecule has 0 saturated carbocycles. The largest absolute Gasteiger partial charge is 0.493 e. The number of hydrogen-bond acceptors (Lipinski definition) is 6. The third-order valence-corrected chi connectivity index (χ3v) is 2.79. The first kappa shape index (κ1) is 15.4. The maximum absolute atomic E-state index is 11.5. The van der Waals surface area contributed by atoms with E-state index in [1.807, 2.05) is 0 Å². The summed E-state index contributed by atoms with van der Waals surface area (Å²) in [7, 11) is 2.71. The molecule has 1 saturated heterocycles. The van der Waals surface area contributed by atoms with Crippen LogP contribution in [0.25, 0.3) is 6.08 Å². The van der Waals surface area contributed by atoms with Crippen LogP contribution in [0.15, 0.2) is 23.9 Å². The Morgan fingerprint density at radius 3 is 2.55 bits per heavy atom. The first-order valence-electron chi connectivity index (χ1n) is 6.25. The highest BCUT2D eigenvalue weighted by Gasteiger charge is 2.22. The van der Waals surface area contributed by atoms with E-state index in [1.165, 1.54) is 20.3 Å². The minimum Gasteiger partial charge on any atom is -0.493 e. The number of rotatable bonds is 5. The lowest BCUT2D eigenvalue weighted by Gasteiger charge is -2.10. The first-order chi connectivity index (χ1) is 10.5. The van der Waals surface area contributed by atoms with E-state index in [9.17, 15) is 14.4 Å². The molecule has 22 heavy (non-hydrogen) atoms. The normalized spacial score (nSPS) is 15.3. The summed E-state index contributed by atoms with van der Waals surface area (Å²) in [4.78, 5) is 33.6. The second-order valence-electron chi connectivity index (χ2n) is 4.24. The van der Waals surface area contributed by atoms with Gasteiger partial charge in [-0.2, -0.15) is 0 Å². The number of amides is 3. The Kier molecular flexibility index (Phi) is 4.62. The fourth-order valence-electron chi connectivity index (χ4n) is 1.74. The fourth-order valence-corrected chi connectivity index (χ4v) is 1.74. The molecule has 3 amide bonds. The molecule has 116 valence electrons. The van der Waals surface area contributed by atoms with E-state index in [4.69, 9.17) is 9.47 Å². The van der Waals surface area contributed by atoms with Crippen LogP contribution in [0.4, 0.5) is 4.79 Å². The molecule has 0 atom stereocenters. The highest BCUT2D eigenvalue weighted by molar-refractivity contribution is 6.14. The SMILES string of the molecule is COC(=O)COc1ccc(/C=C2/NC(=O)NC2=O)cc1OC. The molecule has 0 spiro atoms. The Hall–Kier alpha value is -3.03. The molecule has 1 heterocycles. The Bertz CT molecular complexity index is 653. The van der Waals surface area contributed by atoms with Crippen molar-refractivity contribution >= 4 is 24.0 Å². The van der Waals surface area contributed by atoms with Gasteiger partial charge in [-0.25, -0.2) is 9.59 Å². The predicted molar refractivity (Wildman–Crippen MR) is 75.2 cm³/mol. The van der Waals surface area contributed by atoms with Gasteiger partial charge < -0.3 is 19.5 Å². The lowest BCUT2D eigenvalue weighted by molar-refractivity contribution is -0.142. The number of ether oxygens (including phenoxy) is 3. The monoisotopic (exact) mass is 306 g/mol. The minimum absolute atomic E-state index is 0.135. The quantitative estimate of drug-likeness (QED) is 0.464. The van der Waals surface area contributed by atoms with Crippen LogP contribution in [-0.2, 0) is 14.3 Å². The number of imide groups is 1. The van der Waals surface area contributed by atoms with Crippen molar-refractivity contribution in [2.45, 2.75) is 0 Å². The molecular weight excluding hydrogens is 292 g/mol. The molecule has 0 radical (unpaired) electrons. The highest BCUT2D eigenvalue weighted by Crippen LogP contribution is 2.29. The third kappa shape index (κ3) is 3.54. The number of urea groups is 1. The van der Waals surface area contributed by atoms with Gasteiger partial charge in [-0.3, -0.25) is 10.1 Å². The van der Waals surface area contributed by atoms with Crippen molar-refractivity contribution in [2.75, 3.05) is 20.8 Å². The lowest BCUT2D eigenvalue weighted by atomic mass is 10.1. The lowest BCUT2D eigenvalue weighted by Crippen LogP contribution is -2.22. The zero-order valence-corrected chi connectivity index (χ0v) is 12.0. The highest BCUT2D eigenvalue weighted by atomic mass is 16.6. The smallest absolute Gasteiger partial charge is 0.343 e.